The van der Waals surface area contributed by atoms with Gasteiger partial charge in [-0.25, -0.2) is 9.59 Å². The highest BCUT2D eigenvalue weighted by Crippen LogP contribution is 1.93. The van der Waals surface area contributed by atoms with Gasteiger partial charge in [-0.3, -0.25) is 4.79 Å². The average molecular weight is 231 g/mol. The first-order valence-electron chi connectivity index (χ1n) is 4.79. The minimum atomic E-state index is -0.480. The molecule has 0 aromatic carbocycles. The number of ether oxygens (including phenoxy) is 3. The predicted molar refractivity (Wildman–Crippen MR) is 50.3 cm³/mol. The molecule has 2 heterocycles. The maximum atomic E-state index is 10.5. The third-order valence-corrected chi connectivity index (χ3v) is 1.79. The Morgan fingerprint density at radius 2 is 1.88 bits per heavy atom. The highest BCUT2D eigenvalue weighted by atomic mass is 16.6. The summed E-state index contributed by atoms with van der Waals surface area (Å²) in [5, 5.41) is 2.42. The third kappa shape index (κ3) is 4.26. The first-order valence-corrected chi connectivity index (χ1v) is 4.79. The van der Waals surface area contributed by atoms with Gasteiger partial charge in [-0.05, 0) is 6.92 Å². The van der Waals surface area contributed by atoms with Crippen LogP contribution in [-0.4, -0.2) is 50.3 Å². The van der Waals surface area contributed by atoms with Gasteiger partial charge in [0.05, 0.1) is 6.61 Å². The number of rotatable bonds is 0. The number of morpholine rings is 1. The third-order valence-electron chi connectivity index (χ3n) is 1.79. The summed E-state index contributed by atoms with van der Waals surface area (Å²) in [6.45, 7) is 2.53. The Morgan fingerprint density at radius 3 is 2.25 bits per heavy atom. The Hall–Kier alpha value is -1.63. The lowest BCUT2D eigenvalue weighted by Crippen LogP contribution is -2.47. The monoisotopic (exact) mass is 231 g/mol. The number of nitrogens with one attached hydrogen (secondary N) is 1. The molecule has 16 heavy (non-hydrogen) atoms. The van der Waals surface area contributed by atoms with E-state index in [-0.39, 0.29) is 31.1 Å². The van der Waals surface area contributed by atoms with E-state index in [4.69, 9.17) is 4.74 Å². The van der Waals surface area contributed by atoms with Gasteiger partial charge in [0.1, 0.15) is 19.3 Å². The average Bonchev–Trinajstić information content (AvgIpc) is 2.26. The molecule has 2 rings (SSSR count). The van der Waals surface area contributed by atoms with Gasteiger partial charge in [-0.1, -0.05) is 0 Å². The highest BCUT2D eigenvalue weighted by Gasteiger charge is 2.22. The van der Waals surface area contributed by atoms with Crippen molar-refractivity contribution in [3.63, 3.8) is 0 Å². The number of amides is 1. The van der Waals surface area contributed by atoms with Crippen LogP contribution < -0.4 is 5.32 Å². The molecule has 0 bridgehead atoms. The number of hydrogen-bond donors (Lipinski definition) is 1. The zero-order chi connectivity index (χ0) is 12.0. The molecule has 1 unspecified atom stereocenters. The van der Waals surface area contributed by atoms with E-state index in [0.29, 0.717) is 13.2 Å². The molecule has 0 spiro atoms. The molecule has 0 aromatic rings. The predicted octanol–water partition coefficient (Wildman–Crippen LogP) is -1.39. The summed E-state index contributed by atoms with van der Waals surface area (Å²) in [7, 11) is 0. The van der Waals surface area contributed by atoms with E-state index < -0.39 is 6.04 Å². The van der Waals surface area contributed by atoms with Crippen LogP contribution in [0.25, 0.3) is 0 Å². The maximum Gasteiger partial charge on any atom is 0.332 e. The molecule has 2 aliphatic heterocycles. The van der Waals surface area contributed by atoms with Gasteiger partial charge in [0.2, 0.25) is 0 Å². The van der Waals surface area contributed by atoms with Gasteiger partial charge in [0.15, 0.2) is 6.61 Å². The molecular formula is C9H13NO6. The van der Waals surface area contributed by atoms with Crippen LogP contribution in [0.3, 0.4) is 0 Å². The molecule has 90 valence electrons. The van der Waals surface area contributed by atoms with Crippen LogP contribution in [0.5, 0.6) is 0 Å². The number of carbonyl (C=O) groups is 3. The second-order valence-corrected chi connectivity index (χ2v) is 3.17. The zero-order valence-corrected chi connectivity index (χ0v) is 8.86. The molecule has 2 aliphatic rings. The van der Waals surface area contributed by atoms with Crippen LogP contribution in [0.1, 0.15) is 6.92 Å². The summed E-state index contributed by atoms with van der Waals surface area (Å²) in [5.41, 5.74) is 0. The molecule has 0 radical (unpaired) electrons. The summed E-state index contributed by atoms with van der Waals surface area (Å²) in [5.74, 6) is -0.858. The van der Waals surface area contributed by atoms with Crippen molar-refractivity contribution in [1.82, 2.24) is 5.32 Å². The SMILES string of the molecule is CC1NC(=O)COC1=O.O=C1COCCO1. The Bertz CT molecular complexity index is 282. The molecule has 1 N–H and O–H groups in total. The zero-order valence-electron chi connectivity index (χ0n) is 8.86. The summed E-state index contributed by atoms with van der Waals surface area (Å²) < 4.78 is 13.7. The van der Waals surface area contributed by atoms with E-state index in [1.807, 2.05) is 0 Å². The quantitative estimate of drug-likeness (QED) is 0.516. The summed E-state index contributed by atoms with van der Waals surface area (Å²) >= 11 is 0. The van der Waals surface area contributed by atoms with Crippen molar-refractivity contribution in [2.75, 3.05) is 26.4 Å². The molecule has 2 fully saturated rings. The Morgan fingerprint density at radius 1 is 1.12 bits per heavy atom. The molecule has 7 heteroatoms. The second kappa shape index (κ2) is 6.06. The van der Waals surface area contributed by atoms with Crippen molar-refractivity contribution in [2.45, 2.75) is 13.0 Å². The van der Waals surface area contributed by atoms with Crippen LogP contribution in [0, 0.1) is 0 Å². The molecular weight excluding hydrogens is 218 g/mol. The fourth-order valence-corrected chi connectivity index (χ4v) is 1.02. The highest BCUT2D eigenvalue weighted by molar-refractivity contribution is 5.89. The summed E-state index contributed by atoms with van der Waals surface area (Å²) in [6, 6.07) is -0.480. The molecule has 2 saturated heterocycles. The largest absolute Gasteiger partial charge is 0.462 e. The number of carbonyl (C=O) groups excluding carboxylic acids is 3. The van der Waals surface area contributed by atoms with Crippen LogP contribution >= 0.6 is 0 Å². The standard InChI is InChI=1S/C5H7NO3.C4H6O3/c1-3-5(8)9-2-4(7)6-3;5-4-3-6-1-2-7-4/h3H,2H2,1H3,(H,6,7);1-3H2. The smallest absolute Gasteiger partial charge is 0.332 e. The Balaban J connectivity index is 0.000000165. The topological polar surface area (TPSA) is 90.9 Å². The van der Waals surface area contributed by atoms with Gasteiger partial charge in [0, 0.05) is 0 Å². The lowest BCUT2D eigenvalue weighted by Gasteiger charge is -2.17. The van der Waals surface area contributed by atoms with Gasteiger partial charge < -0.3 is 19.5 Å². The van der Waals surface area contributed by atoms with Crippen LogP contribution in [0.15, 0.2) is 0 Å². The van der Waals surface area contributed by atoms with Crippen LogP contribution in [0.2, 0.25) is 0 Å². The molecule has 1 atom stereocenters. The minimum absolute atomic E-state index is 0.125. The van der Waals surface area contributed by atoms with Crippen molar-refractivity contribution in [2.24, 2.45) is 0 Å². The molecule has 0 aliphatic carbocycles. The second-order valence-electron chi connectivity index (χ2n) is 3.17. The van der Waals surface area contributed by atoms with E-state index in [9.17, 15) is 14.4 Å². The fraction of sp³-hybridized carbons (Fsp3) is 0.667. The first kappa shape index (κ1) is 12.4. The van der Waals surface area contributed by atoms with Crippen LogP contribution in [0.4, 0.5) is 0 Å². The normalized spacial score (nSPS) is 24.6. The minimum Gasteiger partial charge on any atom is -0.462 e. The van der Waals surface area contributed by atoms with E-state index in [0.717, 1.165) is 0 Å². The molecule has 0 saturated carbocycles. The van der Waals surface area contributed by atoms with E-state index in [1.165, 1.54) is 0 Å². The Labute approximate surface area is 92.0 Å². The first-order chi connectivity index (χ1) is 7.59. The molecule has 7 nitrogen and oxygen atoms in total. The van der Waals surface area contributed by atoms with Crippen molar-refractivity contribution in [1.29, 1.82) is 0 Å². The van der Waals surface area contributed by atoms with E-state index >= 15 is 0 Å². The van der Waals surface area contributed by atoms with Gasteiger partial charge in [-0.15, -0.1) is 0 Å². The van der Waals surface area contributed by atoms with Crippen molar-refractivity contribution < 1.29 is 28.6 Å². The van der Waals surface area contributed by atoms with Crippen molar-refractivity contribution in [3.05, 3.63) is 0 Å². The van der Waals surface area contributed by atoms with Crippen LogP contribution in [-0.2, 0) is 28.6 Å². The van der Waals surface area contributed by atoms with E-state index in [2.05, 4.69) is 14.8 Å². The molecule has 0 aromatic heterocycles. The van der Waals surface area contributed by atoms with Gasteiger partial charge >= 0.3 is 11.9 Å². The number of esters is 2. The van der Waals surface area contributed by atoms with E-state index in [1.54, 1.807) is 6.92 Å². The number of cyclic esters (lactones) is 2. The summed E-state index contributed by atoms with van der Waals surface area (Å²) in [4.78, 5) is 31.0. The molecule has 1 amide bonds. The van der Waals surface area contributed by atoms with Crippen molar-refractivity contribution in [3.8, 4) is 0 Å². The summed E-state index contributed by atoms with van der Waals surface area (Å²) in [6.07, 6.45) is 0. The Kier molecular flexibility index (Phi) is 4.71. The fourth-order valence-electron chi connectivity index (χ4n) is 1.02. The van der Waals surface area contributed by atoms with Gasteiger partial charge in [0.25, 0.3) is 5.91 Å². The lowest BCUT2D eigenvalue weighted by atomic mass is 10.3. The van der Waals surface area contributed by atoms with Crippen molar-refractivity contribution >= 4 is 17.8 Å². The van der Waals surface area contributed by atoms with Gasteiger partial charge in [-0.2, -0.15) is 0 Å². The number of hydrogen-bond acceptors (Lipinski definition) is 6. The lowest BCUT2D eigenvalue weighted by molar-refractivity contribution is -0.159. The maximum absolute atomic E-state index is 10.5.